The van der Waals surface area contributed by atoms with Crippen molar-refractivity contribution in [3.63, 3.8) is 0 Å². The molecule has 0 saturated carbocycles. The lowest BCUT2D eigenvalue weighted by atomic mass is 10.1. The maximum absolute atomic E-state index is 13.0. The Labute approximate surface area is 106 Å². The average molecular weight is 251 g/mol. The average Bonchev–Trinajstić information content (AvgIpc) is 2.81. The SMILES string of the molecule is Cc1cc(F)ccc1C(=O)NC(C)C1CCCO1. The molecule has 0 radical (unpaired) electrons. The van der Waals surface area contributed by atoms with E-state index in [9.17, 15) is 9.18 Å². The zero-order valence-corrected chi connectivity index (χ0v) is 10.7. The van der Waals surface area contributed by atoms with E-state index in [0.717, 1.165) is 19.4 Å². The summed E-state index contributed by atoms with van der Waals surface area (Å²) in [6.45, 7) is 4.43. The van der Waals surface area contributed by atoms with Gasteiger partial charge in [0.05, 0.1) is 12.1 Å². The second-order valence-electron chi connectivity index (χ2n) is 4.77. The summed E-state index contributed by atoms with van der Waals surface area (Å²) in [7, 11) is 0. The molecule has 0 aromatic heterocycles. The smallest absolute Gasteiger partial charge is 0.251 e. The van der Waals surface area contributed by atoms with Gasteiger partial charge in [0.15, 0.2) is 0 Å². The second kappa shape index (κ2) is 5.48. The van der Waals surface area contributed by atoms with Gasteiger partial charge in [0.2, 0.25) is 0 Å². The maximum atomic E-state index is 13.0. The largest absolute Gasteiger partial charge is 0.376 e. The van der Waals surface area contributed by atoms with Crippen molar-refractivity contribution in [3.8, 4) is 0 Å². The monoisotopic (exact) mass is 251 g/mol. The van der Waals surface area contributed by atoms with Crippen LogP contribution in [0.1, 0.15) is 35.7 Å². The molecule has 2 rings (SSSR count). The molecule has 1 aromatic rings. The van der Waals surface area contributed by atoms with E-state index in [1.54, 1.807) is 6.92 Å². The molecule has 2 atom stereocenters. The lowest BCUT2D eigenvalue weighted by Crippen LogP contribution is -2.41. The number of hydrogen-bond acceptors (Lipinski definition) is 2. The molecule has 2 unspecified atom stereocenters. The van der Waals surface area contributed by atoms with E-state index < -0.39 is 0 Å². The molecule has 4 heteroatoms. The van der Waals surface area contributed by atoms with E-state index in [-0.39, 0.29) is 23.9 Å². The van der Waals surface area contributed by atoms with Crippen LogP contribution in [0.15, 0.2) is 18.2 Å². The van der Waals surface area contributed by atoms with Crippen LogP contribution in [0.4, 0.5) is 4.39 Å². The molecule has 1 amide bonds. The summed E-state index contributed by atoms with van der Waals surface area (Å²) in [5.74, 6) is -0.494. The van der Waals surface area contributed by atoms with Crippen LogP contribution in [-0.4, -0.2) is 24.7 Å². The van der Waals surface area contributed by atoms with E-state index in [1.807, 2.05) is 6.92 Å². The Kier molecular flexibility index (Phi) is 3.97. The molecule has 1 aromatic carbocycles. The van der Waals surface area contributed by atoms with Crippen molar-refractivity contribution in [2.24, 2.45) is 0 Å². The number of benzene rings is 1. The summed E-state index contributed by atoms with van der Waals surface area (Å²) in [6, 6.07) is 4.16. The first-order chi connectivity index (χ1) is 8.58. The van der Waals surface area contributed by atoms with E-state index in [4.69, 9.17) is 4.74 Å². The van der Waals surface area contributed by atoms with Gasteiger partial charge in [-0.2, -0.15) is 0 Å². The third-order valence-corrected chi connectivity index (χ3v) is 3.31. The number of aryl methyl sites for hydroxylation is 1. The highest BCUT2D eigenvalue weighted by Crippen LogP contribution is 2.16. The van der Waals surface area contributed by atoms with Crippen LogP contribution in [0, 0.1) is 12.7 Å². The number of carbonyl (C=O) groups excluding carboxylic acids is 1. The van der Waals surface area contributed by atoms with Crippen LogP contribution in [0.25, 0.3) is 0 Å². The van der Waals surface area contributed by atoms with Crippen molar-refractivity contribution in [1.29, 1.82) is 0 Å². The number of rotatable bonds is 3. The summed E-state index contributed by atoms with van der Waals surface area (Å²) in [5.41, 5.74) is 1.16. The van der Waals surface area contributed by atoms with Gasteiger partial charge in [-0.05, 0) is 50.5 Å². The fourth-order valence-electron chi connectivity index (χ4n) is 2.26. The Morgan fingerprint density at radius 1 is 1.56 bits per heavy atom. The standard InChI is InChI=1S/C14H18FNO2/c1-9-8-11(15)5-6-12(9)14(17)16-10(2)13-4-3-7-18-13/h5-6,8,10,13H,3-4,7H2,1-2H3,(H,16,17). The predicted octanol–water partition coefficient (Wildman–Crippen LogP) is 2.43. The predicted molar refractivity (Wildman–Crippen MR) is 67.0 cm³/mol. The van der Waals surface area contributed by atoms with Crippen LogP contribution >= 0.6 is 0 Å². The molecule has 0 bridgehead atoms. The number of nitrogens with one attached hydrogen (secondary N) is 1. The van der Waals surface area contributed by atoms with Crippen molar-refractivity contribution in [2.45, 2.75) is 38.8 Å². The minimum absolute atomic E-state index is 0.0237. The van der Waals surface area contributed by atoms with Crippen molar-refractivity contribution in [1.82, 2.24) is 5.32 Å². The van der Waals surface area contributed by atoms with Gasteiger partial charge in [0.1, 0.15) is 5.82 Å². The van der Waals surface area contributed by atoms with Gasteiger partial charge in [-0.3, -0.25) is 4.79 Å². The highest BCUT2D eigenvalue weighted by atomic mass is 19.1. The van der Waals surface area contributed by atoms with Crippen LogP contribution < -0.4 is 5.32 Å². The number of amides is 1. The number of carbonyl (C=O) groups is 1. The molecule has 1 N–H and O–H groups in total. The van der Waals surface area contributed by atoms with Gasteiger partial charge in [-0.15, -0.1) is 0 Å². The zero-order chi connectivity index (χ0) is 13.1. The Morgan fingerprint density at radius 3 is 2.94 bits per heavy atom. The Bertz CT molecular complexity index is 441. The van der Waals surface area contributed by atoms with E-state index >= 15 is 0 Å². The summed E-state index contributed by atoms with van der Waals surface area (Å²) in [5, 5.41) is 2.91. The molecule has 1 heterocycles. The van der Waals surface area contributed by atoms with Gasteiger partial charge in [-0.1, -0.05) is 0 Å². The molecule has 3 nitrogen and oxygen atoms in total. The van der Waals surface area contributed by atoms with Crippen LogP contribution in [-0.2, 0) is 4.74 Å². The van der Waals surface area contributed by atoms with Gasteiger partial charge < -0.3 is 10.1 Å². The van der Waals surface area contributed by atoms with E-state index in [0.29, 0.717) is 11.1 Å². The third kappa shape index (κ3) is 2.88. The molecule has 98 valence electrons. The van der Waals surface area contributed by atoms with Gasteiger partial charge in [-0.25, -0.2) is 4.39 Å². The van der Waals surface area contributed by atoms with Crippen molar-refractivity contribution in [3.05, 3.63) is 35.1 Å². The van der Waals surface area contributed by atoms with Crippen molar-refractivity contribution < 1.29 is 13.9 Å². The summed E-state index contributed by atoms with van der Waals surface area (Å²) in [4.78, 5) is 12.1. The molecule has 0 spiro atoms. The number of hydrogen-bond donors (Lipinski definition) is 1. The highest BCUT2D eigenvalue weighted by Gasteiger charge is 2.24. The topological polar surface area (TPSA) is 38.3 Å². The molecule has 1 fully saturated rings. The summed E-state index contributed by atoms with van der Waals surface area (Å²) in [6.07, 6.45) is 2.11. The van der Waals surface area contributed by atoms with Crippen LogP contribution in [0.3, 0.4) is 0 Å². The Morgan fingerprint density at radius 2 is 2.33 bits per heavy atom. The fourth-order valence-corrected chi connectivity index (χ4v) is 2.26. The molecule has 1 aliphatic rings. The first-order valence-electron chi connectivity index (χ1n) is 6.26. The first-order valence-corrected chi connectivity index (χ1v) is 6.26. The fraction of sp³-hybridized carbons (Fsp3) is 0.500. The van der Waals surface area contributed by atoms with Crippen molar-refractivity contribution in [2.75, 3.05) is 6.61 Å². The summed E-state index contributed by atoms with van der Waals surface area (Å²) < 4.78 is 18.5. The summed E-state index contributed by atoms with van der Waals surface area (Å²) >= 11 is 0. The lowest BCUT2D eigenvalue weighted by molar-refractivity contribution is 0.0712. The van der Waals surface area contributed by atoms with E-state index in [1.165, 1.54) is 18.2 Å². The first kappa shape index (κ1) is 13.0. The van der Waals surface area contributed by atoms with Gasteiger partial charge in [0.25, 0.3) is 5.91 Å². The molecular formula is C14H18FNO2. The molecule has 1 aliphatic heterocycles. The Balaban J connectivity index is 2.02. The quantitative estimate of drug-likeness (QED) is 0.896. The minimum Gasteiger partial charge on any atom is -0.376 e. The molecule has 1 saturated heterocycles. The Hall–Kier alpha value is -1.42. The third-order valence-electron chi connectivity index (χ3n) is 3.31. The minimum atomic E-state index is -0.323. The highest BCUT2D eigenvalue weighted by molar-refractivity contribution is 5.95. The second-order valence-corrected chi connectivity index (χ2v) is 4.77. The lowest BCUT2D eigenvalue weighted by Gasteiger charge is -2.20. The molecular weight excluding hydrogens is 233 g/mol. The van der Waals surface area contributed by atoms with E-state index in [2.05, 4.69) is 5.32 Å². The number of ether oxygens (including phenoxy) is 1. The van der Waals surface area contributed by atoms with Gasteiger partial charge >= 0.3 is 0 Å². The van der Waals surface area contributed by atoms with Gasteiger partial charge in [0, 0.05) is 12.2 Å². The number of halogens is 1. The zero-order valence-electron chi connectivity index (χ0n) is 10.7. The molecule has 18 heavy (non-hydrogen) atoms. The normalized spacial score (nSPS) is 20.7. The maximum Gasteiger partial charge on any atom is 0.251 e. The molecule has 0 aliphatic carbocycles. The van der Waals surface area contributed by atoms with Crippen LogP contribution in [0.2, 0.25) is 0 Å². The van der Waals surface area contributed by atoms with Crippen LogP contribution in [0.5, 0.6) is 0 Å². The van der Waals surface area contributed by atoms with Crippen molar-refractivity contribution >= 4 is 5.91 Å².